The average Bonchev–Trinajstić information content (AvgIpc) is 2.95. The van der Waals surface area contributed by atoms with Gasteiger partial charge in [0.15, 0.2) is 0 Å². The highest BCUT2D eigenvalue weighted by atomic mass is 19.1. The number of hydrogen-bond acceptors (Lipinski definition) is 3. The van der Waals surface area contributed by atoms with Crippen LogP contribution in [0.15, 0.2) is 24.3 Å². The van der Waals surface area contributed by atoms with Crippen LogP contribution in [0.5, 0.6) is 0 Å². The summed E-state index contributed by atoms with van der Waals surface area (Å²) in [5.74, 6) is 0.475. The van der Waals surface area contributed by atoms with E-state index in [0.717, 1.165) is 19.5 Å². The van der Waals surface area contributed by atoms with Gasteiger partial charge in [-0.2, -0.15) is 0 Å². The topological polar surface area (TPSA) is 32.8 Å². The third kappa shape index (κ3) is 4.09. The second kappa shape index (κ2) is 7.41. The normalized spacial score (nSPS) is 25.7. The summed E-state index contributed by atoms with van der Waals surface area (Å²) in [5, 5.41) is 0. The van der Waals surface area contributed by atoms with E-state index >= 15 is 0 Å². The summed E-state index contributed by atoms with van der Waals surface area (Å²) in [6.45, 7) is 6.69. The van der Waals surface area contributed by atoms with Gasteiger partial charge in [-0.05, 0) is 37.0 Å². The Morgan fingerprint density at radius 2 is 1.96 bits per heavy atom. The second-order valence-electron chi connectivity index (χ2n) is 6.57. The molecule has 2 aliphatic heterocycles. The Kier molecular flexibility index (Phi) is 5.28. The molecule has 2 atom stereocenters. The maximum Gasteiger partial charge on any atom is 0.224 e. The second-order valence-corrected chi connectivity index (χ2v) is 6.57. The standard InChI is InChI=1S/C18H25FN2O2/c1-14-12-16(15-2-4-17(19)5-3-15)13-21(14)7-6-18(22)20-8-10-23-11-9-20/h2-5,14,16H,6-13H2,1H3. The molecule has 0 aliphatic carbocycles. The lowest BCUT2D eigenvalue weighted by molar-refractivity contribution is -0.135. The van der Waals surface area contributed by atoms with Gasteiger partial charge in [-0.25, -0.2) is 4.39 Å². The van der Waals surface area contributed by atoms with Crippen molar-refractivity contribution in [3.63, 3.8) is 0 Å². The first kappa shape index (κ1) is 16.4. The van der Waals surface area contributed by atoms with Crippen LogP contribution in [-0.4, -0.2) is 61.1 Å². The Morgan fingerprint density at radius 1 is 1.26 bits per heavy atom. The van der Waals surface area contributed by atoms with Gasteiger partial charge in [0.05, 0.1) is 13.2 Å². The summed E-state index contributed by atoms with van der Waals surface area (Å²) >= 11 is 0. The number of nitrogens with zero attached hydrogens (tertiary/aromatic N) is 2. The third-order valence-electron chi connectivity index (χ3n) is 5.02. The van der Waals surface area contributed by atoms with Crippen LogP contribution in [0, 0.1) is 5.82 Å². The van der Waals surface area contributed by atoms with Crippen LogP contribution < -0.4 is 0 Å². The molecule has 2 fully saturated rings. The minimum Gasteiger partial charge on any atom is -0.378 e. The number of amides is 1. The fourth-order valence-corrected chi connectivity index (χ4v) is 3.60. The Morgan fingerprint density at radius 3 is 2.65 bits per heavy atom. The summed E-state index contributed by atoms with van der Waals surface area (Å²) in [6.07, 6.45) is 1.64. The summed E-state index contributed by atoms with van der Waals surface area (Å²) < 4.78 is 18.3. The van der Waals surface area contributed by atoms with Crippen LogP contribution in [0.4, 0.5) is 4.39 Å². The SMILES string of the molecule is CC1CC(c2ccc(F)cc2)CN1CCC(=O)N1CCOCC1. The van der Waals surface area contributed by atoms with Gasteiger partial charge in [-0.15, -0.1) is 0 Å². The zero-order chi connectivity index (χ0) is 16.2. The van der Waals surface area contributed by atoms with E-state index in [1.54, 1.807) is 0 Å². The smallest absolute Gasteiger partial charge is 0.224 e. The van der Waals surface area contributed by atoms with E-state index in [2.05, 4.69) is 11.8 Å². The summed E-state index contributed by atoms with van der Waals surface area (Å²) in [5.41, 5.74) is 1.19. The number of hydrogen-bond donors (Lipinski definition) is 0. The molecule has 0 bridgehead atoms. The molecule has 2 saturated heterocycles. The van der Waals surface area contributed by atoms with E-state index in [0.29, 0.717) is 44.7 Å². The maximum absolute atomic E-state index is 13.1. The van der Waals surface area contributed by atoms with Crippen molar-refractivity contribution in [2.45, 2.75) is 31.7 Å². The van der Waals surface area contributed by atoms with Gasteiger partial charge in [0.2, 0.25) is 5.91 Å². The molecule has 0 saturated carbocycles. The number of carbonyl (C=O) groups excluding carboxylic acids is 1. The molecule has 2 aliphatic rings. The molecule has 3 rings (SSSR count). The van der Waals surface area contributed by atoms with Crippen LogP contribution in [0.3, 0.4) is 0 Å². The van der Waals surface area contributed by atoms with Crippen molar-refractivity contribution in [3.8, 4) is 0 Å². The van der Waals surface area contributed by atoms with Crippen LogP contribution in [0.1, 0.15) is 31.2 Å². The molecule has 2 heterocycles. The molecule has 1 amide bonds. The number of ether oxygens (including phenoxy) is 1. The Labute approximate surface area is 137 Å². The zero-order valence-corrected chi connectivity index (χ0v) is 13.7. The quantitative estimate of drug-likeness (QED) is 0.853. The van der Waals surface area contributed by atoms with Crippen LogP contribution >= 0.6 is 0 Å². The lowest BCUT2D eigenvalue weighted by Crippen LogP contribution is -2.42. The van der Waals surface area contributed by atoms with Crippen molar-refractivity contribution in [2.24, 2.45) is 0 Å². The highest BCUT2D eigenvalue weighted by molar-refractivity contribution is 5.76. The van der Waals surface area contributed by atoms with Gasteiger partial charge in [-0.1, -0.05) is 12.1 Å². The van der Waals surface area contributed by atoms with Crippen LogP contribution in [-0.2, 0) is 9.53 Å². The Bertz CT molecular complexity index is 528. The molecule has 0 radical (unpaired) electrons. The maximum atomic E-state index is 13.1. The monoisotopic (exact) mass is 320 g/mol. The number of rotatable bonds is 4. The van der Waals surface area contributed by atoms with Gasteiger partial charge in [0.25, 0.3) is 0 Å². The Balaban J connectivity index is 1.50. The lowest BCUT2D eigenvalue weighted by Gasteiger charge is -2.28. The molecule has 0 aromatic heterocycles. The molecule has 5 heteroatoms. The highest BCUT2D eigenvalue weighted by Gasteiger charge is 2.30. The van der Waals surface area contributed by atoms with Crippen molar-refractivity contribution >= 4 is 5.91 Å². The van der Waals surface area contributed by atoms with E-state index in [9.17, 15) is 9.18 Å². The first-order chi connectivity index (χ1) is 11.1. The number of likely N-dealkylation sites (tertiary alicyclic amines) is 1. The van der Waals surface area contributed by atoms with E-state index in [-0.39, 0.29) is 11.7 Å². The van der Waals surface area contributed by atoms with E-state index in [1.807, 2.05) is 17.0 Å². The molecule has 1 aromatic carbocycles. The van der Waals surface area contributed by atoms with Crippen LogP contribution in [0.25, 0.3) is 0 Å². The molecular formula is C18H25FN2O2. The van der Waals surface area contributed by atoms with Crippen molar-refractivity contribution in [1.82, 2.24) is 9.80 Å². The molecule has 1 aromatic rings. The predicted molar refractivity (Wildman–Crippen MR) is 86.8 cm³/mol. The van der Waals surface area contributed by atoms with E-state index in [4.69, 9.17) is 4.74 Å². The Hall–Kier alpha value is -1.46. The zero-order valence-electron chi connectivity index (χ0n) is 13.7. The number of halogens is 1. The summed E-state index contributed by atoms with van der Waals surface area (Å²) in [6, 6.07) is 7.29. The highest BCUT2D eigenvalue weighted by Crippen LogP contribution is 2.31. The fraction of sp³-hybridized carbons (Fsp3) is 0.611. The lowest BCUT2D eigenvalue weighted by atomic mass is 9.97. The van der Waals surface area contributed by atoms with Gasteiger partial charge < -0.3 is 9.64 Å². The van der Waals surface area contributed by atoms with Crippen molar-refractivity contribution in [1.29, 1.82) is 0 Å². The van der Waals surface area contributed by atoms with Gasteiger partial charge in [-0.3, -0.25) is 9.69 Å². The van der Waals surface area contributed by atoms with Crippen molar-refractivity contribution < 1.29 is 13.9 Å². The summed E-state index contributed by atoms with van der Waals surface area (Å²) in [4.78, 5) is 16.5. The molecule has 126 valence electrons. The number of benzene rings is 1. The number of carbonyl (C=O) groups is 1. The molecule has 0 spiro atoms. The molecule has 23 heavy (non-hydrogen) atoms. The average molecular weight is 320 g/mol. The first-order valence-electron chi connectivity index (χ1n) is 8.48. The molecular weight excluding hydrogens is 295 g/mol. The van der Waals surface area contributed by atoms with Gasteiger partial charge >= 0.3 is 0 Å². The van der Waals surface area contributed by atoms with E-state index in [1.165, 1.54) is 17.7 Å². The molecule has 0 N–H and O–H groups in total. The largest absolute Gasteiger partial charge is 0.378 e. The minimum absolute atomic E-state index is 0.187. The third-order valence-corrected chi connectivity index (χ3v) is 5.02. The number of morpholine rings is 1. The minimum atomic E-state index is -0.187. The molecule has 4 nitrogen and oxygen atoms in total. The van der Waals surface area contributed by atoms with Gasteiger partial charge in [0, 0.05) is 38.6 Å². The summed E-state index contributed by atoms with van der Waals surface area (Å²) in [7, 11) is 0. The fourth-order valence-electron chi connectivity index (χ4n) is 3.60. The van der Waals surface area contributed by atoms with Crippen LogP contribution in [0.2, 0.25) is 0 Å². The van der Waals surface area contributed by atoms with Gasteiger partial charge in [0.1, 0.15) is 5.82 Å². The predicted octanol–water partition coefficient (Wildman–Crippen LogP) is 2.25. The van der Waals surface area contributed by atoms with E-state index < -0.39 is 0 Å². The van der Waals surface area contributed by atoms with Crippen molar-refractivity contribution in [2.75, 3.05) is 39.4 Å². The van der Waals surface area contributed by atoms with Crippen molar-refractivity contribution in [3.05, 3.63) is 35.6 Å². The first-order valence-corrected chi connectivity index (χ1v) is 8.48. The molecule has 2 unspecified atom stereocenters.